The predicted molar refractivity (Wildman–Crippen MR) is 90.9 cm³/mol. The maximum Gasteiger partial charge on any atom is 0.241 e. The van der Waals surface area contributed by atoms with Gasteiger partial charge >= 0.3 is 0 Å². The maximum absolute atomic E-state index is 13.1. The number of sulfonamides is 1. The molecule has 3 N–H and O–H groups in total. The maximum atomic E-state index is 13.1. The number of amides is 2. The molecule has 0 unspecified atom stereocenters. The minimum absolute atomic E-state index is 0.00671. The fourth-order valence-corrected chi connectivity index (χ4v) is 2.93. The van der Waals surface area contributed by atoms with E-state index in [0.29, 0.717) is 5.69 Å². The summed E-state index contributed by atoms with van der Waals surface area (Å²) in [5.74, 6) is -3.25. The second kappa shape index (κ2) is 8.02. The van der Waals surface area contributed by atoms with Gasteiger partial charge in [-0.15, -0.1) is 0 Å². The van der Waals surface area contributed by atoms with Crippen molar-refractivity contribution in [2.45, 2.75) is 11.8 Å². The van der Waals surface area contributed by atoms with Gasteiger partial charge in [-0.05, 0) is 36.4 Å². The number of hydrogen-bond donors (Lipinski definition) is 3. The molecule has 26 heavy (non-hydrogen) atoms. The zero-order valence-electron chi connectivity index (χ0n) is 13.5. The van der Waals surface area contributed by atoms with Crippen molar-refractivity contribution in [3.05, 3.63) is 54.1 Å². The lowest BCUT2D eigenvalue weighted by atomic mass is 10.3. The first-order chi connectivity index (χ1) is 12.2. The highest BCUT2D eigenvalue weighted by Gasteiger charge is 2.16. The lowest BCUT2D eigenvalue weighted by Crippen LogP contribution is -2.32. The van der Waals surface area contributed by atoms with Crippen LogP contribution in [-0.2, 0) is 19.6 Å². The molecule has 0 saturated carbocycles. The minimum Gasteiger partial charge on any atom is -0.326 e. The molecule has 138 valence electrons. The van der Waals surface area contributed by atoms with Crippen molar-refractivity contribution in [1.82, 2.24) is 4.72 Å². The summed E-state index contributed by atoms with van der Waals surface area (Å²) >= 11 is 0. The highest BCUT2D eigenvalue weighted by Crippen LogP contribution is 2.15. The number of rotatable bonds is 6. The zero-order chi connectivity index (χ0) is 19.3. The molecular formula is C16H15F2N3O4S. The van der Waals surface area contributed by atoms with Gasteiger partial charge in [0.2, 0.25) is 21.8 Å². The summed E-state index contributed by atoms with van der Waals surface area (Å²) < 4.78 is 52.3. The Morgan fingerprint density at radius 3 is 2.12 bits per heavy atom. The van der Waals surface area contributed by atoms with Gasteiger partial charge in [0, 0.05) is 24.4 Å². The Bertz CT molecular complexity index is 931. The van der Waals surface area contributed by atoms with Gasteiger partial charge in [0.25, 0.3) is 0 Å². The van der Waals surface area contributed by atoms with Crippen LogP contribution < -0.4 is 15.4 Å². The number of carbonyl (C=O) groups is 2. The topological polar surface area (TPSA) is 104 Å². The average Bonchev–Trinajstić information content (AvgIpc) is 2.56. The summed E-state index contributed by atoms with van der Waals surface area (Å²) in [5.41, 5.74) is 0.417. The molecule has 2 aromatic carbocycles. The largest absolute Gasteiger partial charge is 0.326 e. The van der Waals surface area contributed by atoms with Crippen LogP contribution in [-0.4, -0.2) is 26.8 Å². The molecule has 2 amide bonds. The number of nitrogens with one attached hydrogen (secondary N) is 3. The summed E-state index contributed by atoms with van der Waals surface area (Å²) in [6.45, 7) is 0.715. The molecule has 0 aliphatic heterocycles. The van der Waals surface area contributed by atoms with Crippen LogP contribution in [0.1, 0.15) is 6.92 Å². The van der Waals surface area contributed by atoms with Gasteiger partial charge in [-0.3, -0.25) is 9.59 Å². The fourth-order valence-electron chi connectivity index (χ4n) is 1.94. The van der Waals surface area contributed by atoms with E-state index in [0.717, 1.165) is 18.2 Å². The van der Waals surface area contributed by atoms with Crippen molar-refractivity contribution in [2.75, 3.05) is 17.2 Å². The first kappa shape index (κ1) is 19.5. The van der Waals surface area contributed by atoms with E-state index in [1.165, 1.54) is 31.2 Å². The Morgan fingerprint density at radius 2 is 1.54 bits per heavy atom. The molecule has 10 heteroatoms. The third kappa shape index (κ3) is 5.33. The molecule has 0 saturated heterocycles. The van der Waals surface area contributed by atoms with Gasteiger partial charge in [-0.2, -0.15) is 0 Å². The molecule has 0 atom stereocenters. The van der Waals surface area contributed by atoms with Gasteiger partial charge in [0.05, 0.1) is 11.4 Å². The molecule has 0 aromatic heterocycles. The summed E-state index contributed by atoms with van der Waals surface area (Å²) in [6.07, 6.45) is 0. The Kier molecular flexibility index (Phi) is 6.01. The van der Waals surface area contributed by atoms with Crippen LogP contribution in [0.15, 0.2) is 47.4 Å². The van der Waals surface area contributed by atoms with E-state index in [2.05, 4.69) is 15.4 Å². The van der Waals surface area contributed by atoms with Gasteiger partial charge in [-0.1, -0.05) is 0 Å². The molecule has 2 aromatic rings. The van der Waals surface area contributed by atoms with Crippen LogP contribution in [0.3, 0.4) is 0 Å². The molecule has 0 aliphatic rings. The zero-order valence-corrected chi connectivity index (χ0v) is 14.4. The van der Waals surface area contributed by atoms with E-state index in [4.69, 9.17) is 0 Å². The highest BCUT2D eigenvalue weighted by atomic mass is 32.2. The lowest BCUT2D eigenvalue weighted by Gasteiger charge is -2.09. The van der Waals surface area contributed by atoms with E-state index < -0.39 is 34.1 Å². The Labute approximate surface area is 148 Å². The van der Waals surface area contributed by atoms with Crippen molar-refractivity contribution < 1.29 is 26.8 Å². The monoisotopic (exact) mass is 383 g/mol. The first-order valence-electron chi connectivity index (χ1n) is 7.29. The van der Waals surface area contributed by atoms with Crippen molar-refractivity contribution in [3.63, 3.8) is 0 Å². The molecule has 0 fully saturated rings. The Balaban J connectivity index is 1.97. The average molecular weight is 383 g/mol. The van der Waals surface area contributed by atoms with Crippen molar-refractivity contribution in [3.8, 4) is 0 Å². The first-order valence-corrected chi connectivity index (χ1v) is 8.78. The van der Waals surface area contributed by atoms with E-state index in [1.54, 1.807) is 0 Å². The molecule has 0 aliphatic carbocycles. The molecule has 0 radical (unpaired) electrons. The third-order valence-electron chi connectivity index (χ3n) is 3.11. The van der Waals surface area contributed by atoms with Gasteiger partial charge in [-0.25, -0.2) is 21.9 Å². The van der Waals surface area contributed by atoms with Crippen LogP contribution in [0.2, 0.25) is 0 Å². The van der Waals surface area contributed by atoms with Crippen molar-refractivity contribution >= 4 is 33.2 Å². The molecular weight excluding hydrogens is 368 g/mol. The normalized spacial score (nSPS) is 11.0. The van der Waals surface area contributed by atoms with Crippen molar-refractivity contribution in [1.29, 1.82) is 0 Å². The predicted octanol–water partition coefficient (Wildman–Crippen LogP) is 1.84. The summed E-state index contributed by atoms with van der Waals surface area (Å²) in [6, 6.07) is 8.09. The molecule has 0 spiro atoms. The second-order valence-corrected chi connectivity index (χ2v) is 6.97. The summed E-state index contributed by atoms with van der Waals surface area (Å²) in [4.78, 5) is 22.6. The van der Waals surface area contributed by atoms with Gasteiger partial charge in [0.1, 0.15) is 0 Å². The van der Waals surface area contributed by atoms with Crippen LogP contribution in [0.5, 0.6) is 0 Å². The standard InChI is InChI=1S/C16H15F2N3O4S/c1-10(22)20-11-2-5-13(6-3-11)26(24,25)19-9-16(23)21-12-4-7-14(17)15(18)8-12/h2-8,19H,9H2,1H3,(H,20,22)(H,21,23). The third-order valence-corrected chi connectivity index (χ3v) is 4.53. The van der Waals surface area contributed by atoms with E-state index in [-0.39, 0.29) is 16.5 Å². The lowest BCUT2D eigenvalue weighted by molar-refractivity contribution is -0.115. The minimum atomic E-state index is -3.97. The van der Waals surface area contributed by atoms with E-state index >= 15 is 0 Å². The quantitative estimate of drug-likeness (QED) is 0.708. The SMILES string of the molecule is CC(=O)Nc1ccc(S(=O)(=O)NCC(=O)Nc2ccc(F)c(F)c2)cc1. The summed E-state index contributed by atoms with van der Waals surface area (Å²) in [7, 11) is -3.97. The number of carbonyl (C=O) groups excluding carboxylic acids is 2. The van der Waals surface area contributed by atoms with Crippen LogP contribution in [0, 0.1) is 11.6 Å². The summed E-state index contributed by atoms with van der Waals surface area (Å²) in [5, 5.41) is 4.74. The molecule has 7 nitrogen and oxygen atoms in total. The van der Waals surface area contributed by atoms with Crippen LogP contribution in [0.25, 0.3) is 0 Å². The number of benzene rings is 2. The fraction of sp³-hybridized carbons (Fsp3) is 0.125. The van der Waals surface area contributed by atoms with Crippen molar-refractivity contribution in [2.24, 2.45) is 0 Å². The number of hydrogen-bond acceptors (Lipinski definition) is 4. The Hall–Kier alpha value is -2.85. The van der Waals surface area contributed by atoms with E-state index in [1.807, 2.05) is 0 Å². The number of anilines is 2. The van der Waals surface area contributed by atoms with Crippen LogP contribution >= 0.6 is 0 Å². The molecule has 0 heterocycles. The second-order valence-electron chi connectivity index (χ2n) is 5.21. The van der Waals surface area contributed by atoms with Crippen LogP contribution in [0.4, 0.5) is 20.2 Å². The molecule has 2 rings (SSSR count). The van der Waals surface area contributed by atoms with E-state index in [9.17, 15) is 26.8 Å². The molecule has 0 bridgehead atoms. The highest BCUT2D eigenvalue weighted by molar-refractivity contribution is 7.89. The van der Waals surface area contributed by atoms with Gasteiger partial charge in [0.15, 0.2) is 11.6 Å². The van der Waals surface area contributed by atoms with Gasteiger partial charge < -0.3 is 10.6 Å². The smallest absolute Gasteiger partial charge is 0.241 e. The number of halogens is 2. The Morgan fingerprint density at radius 1 is 0.923 bits per heavy atom.